The molecule has 0 rings (SSSR count). The van der Waals surface area contributed by atoms with Crippen LogP contribution in [0, 0.1) is 10.8 Å². The predicted octanol–water partition coefficient (Wildman–Crippen LogP) is 3.20. The molecule has 70 valence electrons. The Morgan fingerprint density at radius 3 is 1.50 bits per heavy atom. The van der Waals surface area contributed by atoms with Crippen LogP contribution in [-0.4, -0.2) is 5.78 Å². The molecular weight excluding hydrogens is 148 g/mol. The lowest BCUT2D eigenvalue weighted by Gasteiger charge is -2.31. The molecule has 0 heterocycles. The second-order valence-corrected chi connectivity index (χ2v) is 4.98. The summed E-state index contributed by atoms with van der Waals surface area (Å²) in [6, 6.07) is 0. The van der Waals surface area contributed by atoms with Crippen molar-refractivity contribution in [1.82, 2.24) is 0 Å². The number of hydrogen-bond donors (Lipinski definition) is 0. The summed E-state index contributed by atoms with van der Waals surface area (Å²) in [5, 5.41) is 0. The largest absolute Gasteiger partial charge is 0.298 e. The molecule has 0 unspecified atom stereocenters. The standard InChI is InChI=1S/C11H20O/c1-8(2)11(6,7)9(12)10(3,4)5/h1H2,2-7H3. The fraction of sp³-hybridized carbons (Fsp3) is 0.727. The molecule has 0 spiro atoms. The van der Waals surface area contributed by atoms with E-state index in [1.807, 2.05) is 41.5 Å². The zero-order chi connectivity index (χ0) is 10.2. The number of hydrogen-bond acceptors (Lipinski definition) is 1. The molecule has 0 amide bonds. The number of Topliss-reactive ketones (excluding diaryl/α,β-unsaturated/α-hetero) is 1. The summed E-state index contributed by atoms with van der Waals surface area (Å²) in [6.45, 7) is 15.4. The van der Waals surface area contributed by atoms with E-state index in [1.54, 1.807) is 0 Å². The molecule has 0 aromatic rings. The SMILES string of the molecule is C=C(C)C(C)(C)C(=O)C(C)(C)C. The van der Waals surface area contributed by atoms with Gasteiger partial charge in [-0.3, -0.25) is 4.79 Å². The van der Waals surface area contributed by atoms with Crippen molar-refractivity contribution >= 4 is 5.78 Å². The fourth-order valence-corrected chi connectivity index (χ4v) is 1.13. The van der Waals surface area contributed by atoms with Crippen molar-refractivity contribution in [3.8, 4) is 0 Å². The van der Waals surface area contributed by atoms with E-state index < -0.39 is 5.41 Å². The van der Waals surface area contributed by atoms with E-state index in [0.29, 0.717) is 0 Å². The topological polar surface area (TPSA) is 17.1 Å². The van der Waals surface area contributed by atoms with E-state index in [2.05, 4.69) is 6.58 Å². The van der Waals surface area contributed by atoms with Gasteiger partial charge in [-0.1, -0.05) is 32.9 Å². The number of carbonyl (C=O) groups is 1. The van der Waals surface area contributed by atoms with Gasteiger partial charge in [-0.05, 0) is 20.8 Å². The Kier molecular flexibility index (Phi) is 2.89. The Balaban J connectivity index is 4.83. The van der Waals surface area contributed by atoms with Gasteiger partial charge in [0.25, 0.3) is 0 Å². The molecule has 0 aliphatic heterocycles. The third-order valence-corrected chi connectivity index (χ3v) is 2.32. The highest BCUT2D eigenvalue weighted by Crippen LogP contribution is 2.33. The van der Waals surface area contributed by atoms with Gasteiger partial charge in [0.05, 0.1) is 0 Å². The first kappa shape index (κ1) is 11.4. The van der Waals surface area contributed by atoms with E-state index in [4.69, 9.17) is 0 Å². The summed E-state index contributed by atoms with van der Waals surface area (Å²) < 4.78 is 0. The van der Waals surface area contributed by atoms with E-state index in [1.165, 1.54) is 0 Å². The minimum Gasteiger partial charge on any atom is -0.298 e. The van der Waals surface area contributed by atoms with Crippen LogP contribution in [0.15, 0.2) is 12.2 Å². The summed E-state index contributed by atoms with van der Waals surface area (Å²) in [6.07, 6.45) is 0. The number of allylic oxidation sites excluding steroid dienone is 1. The lowest BCUT2D eigenvalue weighted by molar-refractivity contribution is -0.133. The molecule has 1 heteroatoms. The fourth-order valence-electron chi connectivity index (χ4n) is 1.13. The number of carbonyl (C=O) groups excluding carboxylic acids is 1. The zero-order valence-electron chi connectivity index (χ0n) is 9.12. The second-order valence-electron chi connectivity index (χ2n) is 4.98. The van der Waals surface area contributed by atoms with Gasteiger partial charge in [0.15, 0.2) is 0 Å². The van der Waals surface area contributed by atoms with Crippen molar-refractivity contribution in [2.24, 2.45) is 10.8 Å². The van der Waals surface area contributed by atoms with Crippen LogP contribution in [0.1, 0.15) is 41.5 Å². The van der Waals surface area contributed by atoms with E-state index in [9.17, 15) is 4.79 Å². The first-order valence-electron chi connectivity index (χ1n) is 4.31. The Bertz CT molecular complexity index is 204. The smallest absolute Gasteiger partial charge is 0.147 e. The first-order valence-corrected chi connectivity index (χ1v) is 4.31. The van der Waals surface area contributed by atoms with Crippen molar-refractivity contribution < 1.29 is 4.79 Å². The summed E-state index contributed by atoms with van der Waals surface area (Å²) in [4.78, 5) is 11.9. The van der Waals surface area contributed by atoms with Gasteiger partial charge in [-0.25, -0.2) is 0 Å². The van der Waals surface area contributed by atoms with Gasteiger partial charge in [0.2, 0.25) is 0 Å². The van der Waals surface area contributed by atoms with Crippen molar-refractivity contribution in [2.45, 2.75) is 41.5 Å². The highest BCUT2D eigenvalue weighted by atomic mass is 16.1. The van der Waals surface area contributed by atoms with E-state index in [0.717, 1.165) is 5.57 Å². The molecule has 0 saturated heterocycles. The van der Waals surface area contributed by atoms with Crippen LogP contribution < -0.4 is 0 Å². The van der Waals surface area contributed by atoms with E-state index >= 15 is 0 Å². The molecule has 0 saturated carbocycles. The van der Waals surface area contributed by atoms with Crippen LogP contribution in [0.3, 0.4) is 0 Å². The van der Waals surface area contributed by atoms with Crippen LogP contribution in [-0.2, 0) is 4.79 Å². The van der Waals surface area contributed by atoms with Crippen molar-refractivity contribution in [3.63, 3.8) is 0 Å². The van der Waals surface area contributed by atoms with Gasteiger partial charge in [-0.15, -0.1) is 0 Å². The van der Waals surface area contributed by atoms with Crippen LogP contribution >= 0.6 is 0 Å². The predicted molar refractivity (Wildman–Crippen MR) is 53.1 cm³/mol. The molecule has 0 bridgehead atoms. The molecule has 0 aromatic carbocycles. The maximum Gasteiger partial charge on any atom is 0.147 e. The third-order valence-electron chi connectivity index (χ3n) is 2.32. The molecule has 0 atom stereocenters. The normalized spacial score (nSPS) is 12.8. The Labute approximate surface area is 75.9 Å². The molecule has 1 nitrogen and oxygen atoms in total. The summed E-state index contributed by atoms with van der Waals surface area (Å²) in [7, 11) is 0. The molecular formula is C11H20O. The van der Waals surface area contributed by atoms with Crippen LogP contribution in [0.25, 0.3) is 0 Å². The Morgan fingerprint density at radius 1 is 1.08 bits per heavy atom. The molecule has 0 fully saturated rings. The highest BCUT2D eigenvalue weighted by Gasteiger charge is 2.36. The van der Waals surface area contributed by atoms with E-state index in [-0.39, 0.29) is 11.2 Å². The molecule has 12 heavy (non-hydrogen) atoms. The first-order chi connectivity index (χ1) is 5.10. The van der Waals surface area contributed by atoms with Crippen molar-refractivity contribution in [1.29, 1.82) is 0 Å². The lowest BCUT2D eigenvalue weighted by atomic mass is 9.71. The zero-order valence-corrected chi connectivity index (χ0v) is 9.12. The molecule has 0 aliphatic rings. The minimum atomic E-state index is -0.391. The molecule has 0 aliphatic carbocycles. The summed E-state index contributed by atoms with van der Waals surface area (Å²) >= 11 is 0. The Morgan fingerprint density at radius 2 is 1.42 bits per heavy atom. The monoisotopic (exact) mass is 168 g/mol. The summed E-state index contributed by atoms with van der Waals surface area (Å²) in [5.74, 6) is 0.252. The quantitative estimate of drug-likeness (QED) is 0.579. The molecule has 0 N–H and O–H groups in total. The van der Waals surface area contributed by atoms with Crippen LogP contribution in [0.2, 0.25) is 0 Å². The molecule has 0 aromatic heterocycles. The second kappa shape index (κ2) is 3.04. The van der Waals surface area contributed by atoms with Gasteiger partial charge in [0.1, 0.15) is 5.78 Å². The number of ketones is 1. The summed E-state index contributed by atoms with van der Waals surface area (Å²) in [5.41, 5.74) is 0.267. The Hall–Kier alpha value is -0.590. The van der Waals surface area contributed by atoms with Gasteiger partial charge in [-0.2, -0.15) is 0 Å². The van der Waals surface area contributed by atoms with Crippen molar-refractivity contribution in [2.75, 3.05) is 0 Å². The average molecular weight is 168 g/mol. The maximum absolute atomic E-state index is 11.9. The highest BCUT2D eigenvalue weighted by molar-refractivity contribution is 5.91. The van der Waals surface area contributed by atoms with Gasteiger partial charge >= 0.3 is 0 Å². The van der Waals surface area contributed by atoms with Gasteiger partial charge < -0.3 is 0 Å². The third kappa shape index (κ3) is 2.20. The lowest BCUT2D eigenvalue weighted by Crippen LogP contribution is -2.35. The average Bonchev–Trinajstić information content (AvgIpc) is 1.83. The minimum absolute atomic E-state index is 0.252. The molecule has 0 radical (unpaired) electrons. The van der Waals surface area contributed by atoms with Gasteiger partial charge in [0, 0.05) is 10.8 Å². The number of rotatable bonds is 2. The maximum atomic E-state index is 11.9. The van der Waals surface area contributed by atoms with Crippen LogP contribution in [0.4, 0.5) is 0 Å². The van der Waals surface area contributed by atoms with Crippen molar-refractivity contribution in [3.05, 3.63) is 12.2 Å². The van der Waals surface area contributed by atoms with Crippen LogP contribution in [0.5, 0.6) is 0 Å².